The number of nitrogens with two attached hydrogens (primary N) is 1. The number of halogens is 2. The molecule has 0 aliphatic rings. The molecule has 0 amide bonds. The quantitative estimate of drug-likeness (QED) is 0.746. The molecule has 3 nitrogen and oxygen atoms in total. The van der Waals surface area contributed by atoms with E-state index in [1.165, 1.54) is 12.1 Å². The molecule has 86 valence electrons. The second-order valence-electron chi connectivity index (χ2n) is 3.28. The minimum Gasteiger partial charge on any atom is -0.507 e. The summed E-state index contributed by atoms with van der Waals surface area (Å²) in [6.45, 7) is 1.52. The van der Waals surface area contributed by atoms with Crippen LogP contribution in [0.5, 0.6) is 5.75 Å². The molecule has 0 saturated carbocycles. The van der Waals surface area contributed by atoms with Crippen molar-refractivity contribution >= 4 is 12.4 Å². The molecule has 0 fully saturated rings. The van der Waals surface area contributed by atoms with Gasteiger partial charge < -0.3 is 15.9 Å². The van der Waals surface area contributed by atoms with Gasteiger partial charge >= 0.3 is 0 Å². The molecule has 0 radical (unpaired) electrons. The molecule has 0 bridgehead atoms. The molecule has 1 atom stereocenters. The lowest BCUT2D eigenvalue weighted by Gasteiger charge is -2.13. The van der Waals surface area contributed by atoms with Gasteiger partial charge in [-0.15, -0.1) is 12.4 Å². The number of hydrogen-bond acceptors (Lipinski definition) is 3. The van der Waals surface area contributed by atoms with E-state index in [0.29, 0.717) is 17.5 Å². The number of aromatic hydroxyl groups is 1. The first-order valence-electron chi connectivity index (χ1n) is 4.41. The molecule has 0 aromatic heterocycles. The smallest absolute Gasteiger partial charge is 0.124 e. The van der Waals surface area contributed by atoms with E-state index in [-0.39, 0.29) is 24.8 Å². The Morgan fingerprint density at radius 2 is 2.07 bits per heavy atom. The van der Waals surface area contributed by atoms with Crippen LogP contribution in [0.4, 0.5) is 4.39 Å². The SMILES string of the molecule is Cc1cc(F)cc(C(N)CCO)c1O.Cl. The minimum absolute atomic E-state index is 0. The van der Waals surface area contributed by atoms with Crippen molar-refractivity contribution in [3.63, 3.8) is 0 Å². The molecule has 0 spiro atoms. The van der Waals surface area contributed by atoms with Crippen LogP contribution in [0.1, 0.15) is 23.6 Å². The molecular weight excluding hydrogens is 221 g/mol. The highest BCUT2D eigenvalue weighted by Crippen LogP contribution is 2.28. The van der Waals surface area contributed by atoms with Crippen LogP contribution < -0.4 is 5.73 Å². The standard InChI is InChI=1S/C10H14FNO2.ClH/c1-6-4-7(11)5-8(10(6)14)9(12)2-3-13;/h4-5,9,13-14H,2-3,12H2,1H3;1H. The predicted molar refractivity (Wildman–Crippen MR) is 58.7 cm³/mol. The normalized spacial score (nSPS) is 12.0. The van der Waals surface area contributed by atoms with Crippen molar-refractivity contribution in [3.05, 3.63) is 29.1 Å². The third kappa shape index (κ3) is 3.34. The summed E-state index contributed by atoms with van der Waals surface area (Å²) >= 11 is 0. The predicted octanol–water partition coefficient (Wildman–Crippen LogP) is 1.64. The molecule has 0 heterocycles. The van der Waals surface area contributed by atoms with E-state index in [0.717, 1.165) is 0 Å². The van der Waals surface area contributed by atoms with Crippen LogP contribution in [-0.4, -0.2) is 16.8 Å². The molecular formula is C10H15ClFNO2. The van der Waals surface area contributed by atoms with Crippen LogP contribution >= 0.6 is 12.4 Å². The highest BCUT2D eigenvalue weighted by atomic mass is 35.5. The van der Waals surface area contributed by atoms with Crippen LogP contribution in [0.25, 0.3) is 0 Å². The summed E-state index contributed by atoms with van der Waals surface area (Å²) in [5.41, 5.74) is 6.45. The summed E-state index contributed by atoms with van der Waals surface area (Å²) in [6.07, 6.45) is 0.302. The summed E-state index contributed by atoms with van der Waals surface area (Å²) in [5.74, 6) is -0.420. The Bertz CT molecular complexity index is 333. The first kappa shape index (κ1) is 14.2. The summed E-state index contributed by atoms with van der Waals surface area (Å²) in [5, 5.41) is 18.3. The fourth-order valence-corrected chi connectivity index (χ4v) is 1.34. The van der Waals surface area contributed by atoms with Gasteiger partial charge in [-0.3, -0.25) is 0 Å². The number of hydrogen-bond donors (Lipinski definition) is 3. The second kappa shape index (κ2) is 5.90. The molecule has 1 unspecified atom stereocenters. The number of aliphatic hydroxyl groups excluding tert-OH is 1. The third-order valence-corrected chi connectivity index (χ3v) is 2.13. The molecule has 0 aliphatic carbocycles. The number of rotatable bonds is 3. The summed E-state index contributed by atoms with van der Waals surface area (Å²) in [6, 6.07) is 1.90. The molecule has 1 rings (SSSR count). The minimum atomic E-state index is -0.533. The summed E-state index contributed by atoms with van der Waals surface area (Å²) < 4.78 is 13.0. The van der Waals surface area contributed by atoms with Crippen molar-refractivity contribution in [2.75, 3.05) is 6.61 Å². The van der Waals surface area contributed by atoms with E-state index in [4.69, 9.17) is 10.8 Å². The van der Waals surface area contributed by atoms with E-state index in [9.17, 15) is 9.50 Å². The molecule has 0 aliphatic heterocycles. The molecule has 1 aromatic rings. The maximum atomic E-state index is 13.0. The summed E-state index contributed by atoms with van der Waals surface area (Å²) in [4.78, 5) is 0. The van der Waals surface area contributed by atoms with Crippen LogP contribution in [-0.2, 0) is 0 Å². The first-order valence-corrected chi connectivity index (χ1v) is 4.41. The zero-order valence-electron chi connectivity index (χ0n) is 8.40. The molecule has 4 N–H and O–H groups in total. The highest BCUT2D eigenvalue weighted by molar-refractivity contribution is 5.85. The Morgan fingerprint density at radius 3 is 2.60 bits per heavy atom. The lowest BCUT2D eigenvalue weighted by Crippen LogP contribution is -2.12. The van der Waals surface area contributed by atoms with Gasteiger partial charge in [-0.2, -0.15) is 0 Å². The van der Waals surface area contributed by atoms with Crippen molar-refractivity contribution < 1.29 is 14.6 Å². The van der Waals surface area contributed by atoms with Gasteiger partial charge in [-0.1, -0.05) is 0 Å². The zero-order valence-corrected chi connectivity index (χ0v) is 9.22. The Morgan fingerprint density at radius 1 is 1.47 bits per heavy atom. The van der Waals surface area contributed by atoms with E-state index in [2.05, 4.69) is 0 Å². The van der Waals surface area contributed by atoms with Crippen LogP contribution in [0, 0.1) is 12.7 Å². The topological polar surface area (TPSA) is 66.5 Å². The van der Waals surface area contributed by atoms with Crippen molar-refractivity contribution in [2.45, 2.75) is 19.4 Å². The molecule has 0 saturated heterocycles. The monoisotopic (exact) mass is 235 g/mol. The maximum absolute atomic E-state index is 13.0. The Balaban J connectivity index is 0.00000196. The van der Waals surface area contributed by atoms with E-state index in [1.807, 2.05) is 0 Å². The number of aryl methyl sites for hydroxylation is 1. The lowest BCUT2D eigenvalue weighted by atomic mass is 10.0. The first-order chi connectivity index (χ1) is 6.56. The van der Waals surface area contributed by atoms with E-state index >= 15 is 0 Å². The fourth-order valence-electron chi connectivity index (χ4n) is 1.34. The van der Waals surface area contributed by atoms with E-state index < -0.39 is 11.9 Å². The zero-order chi connectivity index (χ0) is 10.7. The Labute approximate surface area is 94.1 Å². The third-order valence-electron chi connectivity index (χ3n) is 2.13. The van der Waals surface area contributed by atoms with Gasteiger partial charge in [0.2, 0.25) is 0 Å². The Kier molecular flexibility index (Phi) is 5.57. The van der Waals surface area contributed by atoms with Gasteiger partial charge in [-0.25, -0.2) is 4.39 Å². The highest BCUT2D eigenvalue weighted by Gasteiger charge is 2.13. The van der Waals surface area contributed by atoms with Gasteiger partial charge in [0.25, 0.3) is 0 Å². The van der Waals surface area contributed by atoms with Gasteiger partial charge in [0, 0.05) is 18.2 Å². The van der Waals surface area contributed by atoms with Gasteiger partial charge in [-0.05, 0) is 31.0 Å². The van der Waals surface area contributed by atoms with Crippen LogP contribution in [0.2, 0.25) is 0 Å². The van der Waals surface area contributed by atoms with Crippen LogP contribution in [0.3, 0.4) is 0 Å². The lowest BCUT2D eigenvalue weighted by molar-refractivity contribution is 0.275. The van der Waals surface area contributed by atoms with Crippen molar-refractivity contribution in [2.24, 2.45) is 5.73 Å². The largest absolute Gasteiger partial charge is 0.507 e. The van der Waals surface area contributed by atoms with Crippen LogP contribution in [0.15, 0.2) is 12.1 Å². The van der Waals surface area contributed by atoms with Crippen molar-refractivity contribution in [3.8, 4) is 5.75 Å². The molecule has 1 aromatic carbocycles. The average Bonchev–Trinajstić information content (AvgIpc) is 2.11. The molecule has 15 heavy (non-hydrogen) atoms. The number of phenolic OH excluding ortho intramolecular Hbond substituents is 1. The number of benzene rings is 1. The number of aliphatic hydroxyl groups is 1. The fraction of sp³-hybridized carbons (Fsp3) is 0.400. The van der Waals surface area contributed by atoms with E-state index in [1.54, 1.807) is 6.92 Å². The molecule has 5 heteroatoms. The maximum Gasteiger partial charge on any atom is 0.124 e. The second-order valence-corrected chi connectivity index (χ2v) is 3.28. The van der Waals surface area contributed by atoms with Crippen molar-refractivity contribution in [1.29, 1.82) is 0 Å². The van der Waals surface area contributed by atoms with Gasteiger partial charge in [0.1, 0.15) is 11.6 Å². The summed E-state index contributed by atoms with van der Waals surface area (Å²) in [7, 11) is 0. The number of phenols is 1. The average molecular weight is 236 g/mol. The van der Waals surface area contributed by atoms with Crippen molar-refractivity contribution in [1.82, 2.24) is 0 Å². The van der Waals surface area contributed by atoms with Gasteiger partial charge in [0.05, 0.1) is 0 Å². The Hall–Kier alpha value is -0.840. The van der Waals surface area contributed by atoms with Gasteiger partial charge in [0.15, 0.2) is 0 Å².